The number of allylic oxidation sites excluding steroid dienone is 1. The Kier molecular flexibility index (Phi) is 5.76. The molecular formula is C17H19N5O3S2. The van der Waals surface area contributed by atoms with E-state index >= 15 is 0 Å². The topological polar surface area (TPSA) is 103 Å². The van der Waals surface area contributed by atoms with Gasteiger partial charge in [0.1, 0.15) is 21.4 Å². The van der Waals surface area contributed by atoms with Gasteiger partial charge in [0, 0.05) is 6.54 Å². The molecular weight excluding hydrogens is 386 g/mol. The highest BCUT2D eigenvalue weighted by atomic mass is 32.2. The number of hydrogen-bond acceptors (Lipinski definition) is 8. The number of nitrogens with zero attached hydrogens (tertiary/aromatic N) is 4. The number of aromatic nitrogens is 5. The second-order valence-corrected chi connectivity index (χ2v) is 7.63. The van der Waals surface area contributed by atoms with Gasteiger partial charge in [0.25, 0.3) is 5.56 Å². The molecule has 3 aromatic heterocycles. The Labute approximate surface area is 163 Å². The van der Waals surface area contributed by atoms with Crippen LogP contribution in [0.25, 0.3) is 10.2 Å². The minimum Gasteiger partial charge on any atom is -0.462 e. The molecule has 0 radical (unpaired) electrons. The van der Waals surface area contributed by atoms with Crippen molar-refractivity contribution in [3.05, 3.63) is 45.1 Å². The van der Waals surface area contributed by atoms with Crippen molar-refractivity contribution >= 4 is 39.3 Å². The summed E-state index contributed by atoms with van der Waals surface area (Å²) in [6, 6.07) is 0. The van der Waals surface area contributed by atoms with Crippen LogP contribution in [0.2, 0.25) is 0 Å². The summed E-state index contributed by atoms with van der Waals surface area (Å²) >= 11 is 2.60. The van der Waals surface area contributed by atoms with Gasteiger partial charge < -0.3 is 14.3 Å². The van der Waals surface area contributed by atoms with Crippen molar-refractivity contribution in [1.82, 2.24) is 24.7 Å². The van der Waals surface area contributed by atoms with Crippen molar-refractivity contribution in [3.63, 3.8) is 0 Å². The molecule has 0 bridgehead atoms. The van der Waals surface area contributed by atoms with Crippen LogP contribution in [0.4, 0.5) is 0 Å². The third kappa shape index (κ3) is 3.81. The van der Waals surface area contributed by atoms with Crippen molar-refractivity contribution in [2.24, 2.45) is 0 Å². The van der Waals surface area contributed by atoms with Crippen molar-refractivity contribution in [3.8, 4) is 0 Å². The summed E-state index contributed by atoms with van der Waals surface area (Å²) in [6.45, 7) is 9.98. The first-order valence-electron chi connectivity index (χ1n) is 8.29. The van der Waals surface area contributed by atoms with Gasteiger partial charge in [-0.2, -0.15) is 0 Å². The van der Waals surface area contributed by atoms with Gasteiger partial charge in [0.05, 0.1) is 17.7 Å². The summed E-state index contributed by atoms with van der Waals surface area (Å²) in [5, 5.41) is 9.37. The average molecular weight is 406 g/mol. The van der Waals surface area contributed by atoms with E-state index in [1.165, 1.54) is 23.1 Å². The van der Waals surface area contributed by atoms with Gasteiger partial charge in [-0.15, -0.1) is 28.1 Å². The standard InChI is InChI=1S/C17H19N5O3S2/c1-5-7-22-10(4)20-21-17(22)26-8-11-18-14(23)12-9(3)13(16(24)25-6-2)27-15(12)19-11/h5H,1,6-8H2,2-4H3,(H,18,19,23). The van der Waals surface area contributed by atoms with Crippen LogP contribution in [0.5, 0.6) is 0 Å². The molecule has 0 spiro atoms. The second kappa shape index (κ2) is 8.05. The van der Waals surface area contributed by atoms with Gasteiger partial charge >= 0.3 is 5.97 Å². The van der Waals surface area contributed by atoms with Crippen LogP contribution in [0.15, 0.2) is 22.6 Å². The number of aryl methyl sites for hydroxylation is 2. The van der Waals surface area contributed by atoms with Crippen molar-refractivity contribution < 1.29 is 9.53 Å². The van der Waals surface area contributed by atoms with E-state index in [0.717, 1.165) is 11.0 Å². The van der Waals surface area contributed by atoms with E-state index in [2.05, 4.69) is 26.7 Å². The first-order valence-corrected chi connectivity index (χ1v) is 10.1. The van der Waals surface area contributed by atoms with Crippen molar-refractivity contribution in [2.75, 3.05) is 6.61 Å². The minimum atomic E-state index is -0.429. The van der Waals surface area contributed by atoms with Crippen LogP contribution in [0.1, 0.15) is 33.8 Å². The average Bonchev–Trinajstić information content (AvgIpc) is 3.15. The van der Waals surface area contributed by atoms with E-state index in [1.807, 2.05) is 11.5 Å². The number of ether oxygens (including phenoxy) is 1. The Morgan fingerprint density at radius 2 is 2.19 bits per heavy atom. The Morgan fingerprint density at radius 1 is 1.41 bits per heavy atom. The van der Waals surface area contributed by atoms with Gasteiger partial charge in [-0.25, -0.2) is 9.78 Å². The van der Waals surface area contributed by atoms with Gasteiger partial charge in [-0.1, -0.05) is 17.8 Å². The number of thioether (sulfide) groups is 1. The Hall–Kier alpha value is -2.46. The molecule has 0 aromatic carbocycles. The van der Waals surface area contributed by atoms with E-state index in [0.29, 0.717) is 38.8 Å². The number of rotatable bonds is 7. The van der Waals surface area contributed by atoms with E-state index < -0.39 is 5.97 Å². The van der Waals surface area contributed by atoms with Crippen LogP contribution < -0.4 is 5.56 Å². The van der Waals surface area contributed by atoms with Gasteiger partial charge in [0.15, 0.2) is 5.16 Å². The molecule has 142 valence electrons. The zero-order valence-electron chi connectivity index (χ0n) is 15.2. The molecule has 1 N–H and O–H groups in total. The number of hydrogen-bond donors (Lipinski definition) is 1. The number of fused-ring (bicyclic) bond motifs is 1. The summed E-state index contributed by atoms with van der Waals surface area (Å²) in [4.78, 5) is 32.8. The summed E-state index contributed by atoms with van der Waals surface area (Å²) in [6.07, 6.45) is 1.78. The molecule has 10 heteroatoms. The SMILES string of the molecule is C=CCn1c(C)nnc1SCc1nc2sc(C(=O)OCC)c(C)c2c(=O)[nH]1. The number of nitrogens with one attached hydrogen (secondary N) is 1. The molecule has 0 unspecified atom stereocenters. The molecule has 3 heterocycles. The van der Waals surface area contributed by atoms with E-state index in [1.54, 1.807) is 19.9 Å². The number of thiophene rings is 1. The van der Waals surface area contributed by atoms with Crippen LogP contribution >= 0.6 is 23.1 Å². The highest BCUT2D eigenvalue weighted by Crippen LogP contribution is 2.28. The minimum absolute atomic E-state index is 0.261. The van der Waals surface area contributed by atoms with E-state index in [-0.39, 0.29) is 12.2 Å². The summed E-state index contributed by atoms with van der Waals surface area (Å²) < 4.78 is 6.99. The number of H-pyrrole nitrogens is 1. The molecule has 0 aliphatic heterocycles. The Morgan fingerprint density at radius 3 is 2.89 bits per heavy atom. The molecule has 0 amide bonds. The smallest absolute Gasteiger partial charge is 0.348 e. The van der Waals surface area contributed by atoms with Crippen molar-refractivity contribution in [2.45, 2.75) is 38.2 Å². The molecule has 0 saturated carbocycles. The summed E-state index contributed by atoms with van der Waals surface area (Å²) in [5.41, 5.74) is 0.339. The van der Waals surface area contributed by atoms with Gasteiger partial charge in [-0.05, 0) is 26.3 Å². The van der Waals surface area contributed by atoms with Gasteiger partial charge in [0.2, 0.25) is 0 Å². The van der Waals surface area contributed by atoms with Crippen LogP contribution in [-0.4, -0.2) is 37.3 Å². The third-order valence-corrected chi connectivity index (χ3v) is 6.01. The third-order valence-electron chi connectivity index (χ3n) is 3.86. The monoisotopic (exact) mass is 405 g/mol. The van der Waals surface area contributed by atoms with E-state index in [4.69, 9.17) is 4.74 Å². The van der Waals surface area contributed by atoms with Crippen LogP contribution in [-0.2, 0) is 17.0 Å². The molecule has 8 nitrogen and oxygen atoms in total. The maximum atomic E-state index is 12.5. The predicted octanol–water partition coefficient (Wildman–Crippen LogP) is 2.85. The Balaban J connectivity index is 1.89. The predicted molar refractivity (Wildman–Crippen MR) is 105 cm³/mol. The lowest BCUT2D eigenvalue weighted by atomic mass is 10.2. The number of carbonyl (C=O) groups excluding carboxylic acids is 1. The fourth-order valence-electron chi connectivity index (χ4n) is 2.59. The second-order valence-electron chi connectivity index (χ2n) is 5.69. The normalized spacial score (nSPS) is 11.1. The molecule has 0 atom stereocenters. The summed E-state index contributed by atoms with van der Waals surface area (Å²) in [7, 11) is 0. The molecule has 0 saturated heterocycles. The molecule has 27 heavy (non-hydrogen) atoms. The molecule has 0 aliphatic rings. The lowest BCUT2D eigenvalue weighted by molar-refractivity contribution is 0.0531. The molecule has 0 aliphatic carbocycles. The number of aromatic amines is 1. The highest BCUT2D eigenvalue weighted by molar-refractivity contribution is 7.98. The lowest BCUT2D eigenvalue weighted by Gasteiger charge is -2.05. The lowest BCUT2D eigenvalue weighted by Crippen LogP contribution is -2.11. The quantitative estimate of drug-likeness (QED) is 0.366. The fraction of sp³-hybridized carbons (Fsp3) is 0.353. The first kappa shape index (κ1) is 19.3. The van der Waals surface area contributed by atoms with E-state index in [9.17, 15) is 9.59 Å². The Bertz CT molecular complexity index is 1070. The molecule has 3 aromatic rings. The molecule has 3 rings (SSSR count). The van der Waals surface area contributed by atoms with Crippen molar-refractivity contribution in [1.29, 1.82) is 0 Å². The summed E-state index contributed by atoms with van der Waals surface area (Å²) in [5.74, 6) is 1.30. The fourth-order valence-corrected chi connectivity index (χ4v) is 4.55. The zero-order chi connectivity index (χ0) is 19.6. The van der Waals surface area contributed by atoms with Crippen LogP contribution in [0.3, 0.4) is 0 Å². The van der Waals surface area contributed by atoms with Gasteiger partial charge in [-0.3, -0.25) is 4.79 Å². The highest BCUT2D eigenvalue weighted by Gasteiger charge is 2.20. The zero-order valence-corrected chi connectivity index (χ0v) is 16.9. The maximum Gasteiger partial charge on any atom is 0.348 e. The largest absolute Gasteiger partial charge is 0.462 e. The molecule has 0 fully saturated rings. The number of esters is 1. The first-order chi connectivity index (χ1) is 13.0. The number of carbonyl (C=O) groups is 1. The van der Waals surface area contributed by atoms with Crippen LogP contribution in [0, 0.1) is 13.8 Å². The maximum absolute atomic E-state index is 12.5.